The molecule has 1 fully saturated rings. The molecule has 6 nitrogen and oxygen atoms in total. The second kappa shape index (κ2) is 9.07. The summed E-state index contributed by atoms with van der Waals surface area (Å²) in [6.45, 7) is 8.40. The molecule has 0 N–H and O–H groups in total. The lowest BCUT2D eigenvalue weighted by molar-refractivity contribution is -0.120. The normalized spacial score (nSPS) is 21.4. The van der Waals surface area contributed by atoms with Gasteiger partial charge in [0.2, 0.25) is 0 Å². The van der Waals surface area contributed by atoms with Crippen molar-refractivity contribution >= 4 is 23.1 Å². The summed E-state index contributed by atoms with van der Waals surface area (Å²) in [5.74, 6) is 1.63. The van der Waals surface area contributed by atoms with Crippen molar-refractivity contribution in [2.75, 3.05) is 31.7 Å². The van der Waals surface area contributed by atoms with Gasteiger partial charge in [-0.1, -0.05) is 32.0 Å². The zero-order valence-corrected chi connectivity index (χ0v) is 19.1. The third kappa shape index (κ3) is 4.09. The summed E-state index contributed by atoms with van der Waals surface area (Å²) in [5, 5.41) is 0. The number of imide groups is 1. The second-order valence-corrected chi connectivity index (χ2v) is 8.68. The zero-order chi connectivity index (χ0) is 22.8. The Morgan fingerprint density at radius 1 is 0.938 bits per heavy atom. The van der Waals surface area contributed by atoms with Gasteiger partial charge < -0.3 is 14.4 Å². The maximum Gasteiger partial charge on any atom is 0.282 e. The van der Waals surface area contributed by atoms with Gasteiger partial charge in [0, 0.05) is 19.2 Å². The number of methoxy groups -OCH3 is 1. The van der Waals surface area contributed by atoms with Crippen molar-refractivity contribution in [3.63, 3.8) is 0 Å². The van der Waals surface area contributed by atoms with Crippen LogP contribution in [-0.4, -0.2) is 43.5 Å². The highest BCUT2D eigenvalue weighted by Crippen LogP contribution is 2.38. The number of amides is 2. The number of hydrogen-bond acceptors (Lipinski definition) is 5. The van der Waals surface area contributed by atoms with Gasteiger partial charge in [-0.15, -0.1) is 0 Å². The molecule has 1 saturated heterocycles. The predicted octanol–water partition coefficient (Wildman–Crippen LogP) is 4.36. The minimum absolute atomic E-state index is 0.284. The zero-order valence-electron chi connectivity index (χ0n) is 19.1. The fourth-order valence-corrected chi connectivity index (χ4v) is 4.79. The van der Waals surface area contributed by atoms with Gasteiger partial charge in [-0.2, -0.15) is 0 Å². The summed E-state index contributed by atoms with van der Waals surface area (Å²) in [4.78, 5) is 30.8. The van der Waals surface area contributed by atoms with Gasteiger partial charge in [0.05, 0.1) is 25.0 Å². The minimum atomic E-state index is -0.312. The average Bonchev–Trinajstić information content (AvgIpc) is 3.04. The number of rotatable bonds is 6. The van der Waals surface area contributed by atoms with Crippen LogP contribution in [0, 0.1) is 11.8 Å². The lowest BCUT2D eigenvalue weighted by Crippen LogP contribution is -2.42. The summed E-state index contributed by atoms with van der Waals surface area (Å²) >= 11 is 0. The van der Waals surface area contributed by atoms with E-state index < -0.39 is 0 Å². The Balaban J connectivity index is 1.80. The molecule has 0 saturated carbocycles. The van der Waals surface area contributed by atoms with Crippen LogP contribution in [0.2, 0.25) is 0 Å². The fourth-order valence-electron chi connectivity index (χ4n) is 4.79. The van der Waals surface area contributed by atoms with Crippen molar-refractivity contribution in [3.8, 4) is 11.5 Å². The van der Waals surface area contributed by atoms with Crippen LogP contribution in [0.4, 0.5) is 5.69 Å². The van der Waals surface area contributed by atoms with Crippen LogP contribution in [0.5, 0.6) is 11.5 Å². The smallest absolute Gasteiger partial charge is 0.282 e. The number of benzene rings is 2. The van der Waals surface area contributed by atoms with E-state index in [4.69, 9.17) is 9.47 Å². The number of hydrogen-bond donors (Lipinski definition) is 0. The van der Waals surface area contributed by atoms with E-state index in [-0.39, 0.29) is 11.8 Å². The summed E-state index contributed by atoms with van der Waals surface area (Å²) < 4.78 is 10.9. The molecule has 0 aromatic heterocycles. The second-order valence-electron chi connectivity index (χ2n) is 8.68. The van der Waals surface area contributed by atoms with E-state index in [0.29, 0.717) is 41.1 Å². The molecule has 2 unspecified atom stereocenters. The molecule has 0 bridgehead atoms. The van der Waals surface area contributed by atoms with Gasteiger partial charge in [-0.05, 0) is 55.0 Å². The van der Waals surface area contributed by atoms with Gasteiger partial charge in [0.15, 0.2) is 0 Å². The highest BCUT2D eigenvalue weighted by atomic mass is 16.5. The van der Waals surface area contributed by atoms with Gasteiger partial charge >= 0.3 is 0 Å². The summed E-state index contributed by atoms with van der Waals surface area (Å²) in [6, 6.07) is 14.5. The maximum atomic E-state index is 13.7. The number of ether oxygens (including phenoxy) is 2. The first-order chi connectivity index (χ1) is 15.4. The van der Waals surface area contributed by atoms with Crippen molar-refractivity contribution in [1.29, 1.82) is 0 Å². The molecule has 2 aromatic carbocycles. The van der Waals surface area contributed by atoms with Gasteiger partial charge in [-0.3, -0.25) is 9.59 Å². The van der Waals surface area contributed by atoms with Crippen molar-refractivity contribution in [1.82, 2.24) is 4.90 Å². The quantitative estimate of drug-likeness (QED) is 0.633. The molecule has 2 aromatic rings. The van der Waals surface area contributed by atoms with E-state index >= 15 is 0 Å². The van der Waals surface area contributed by atoms with E-state index in [2.05, 4.69) is 18.7 Å². The Hall–Kier alpha value is -3.28. The van der Waals surface area contributed by atoms with Gasteiger partial charge in [0.1, 0.15) is 17.2 Å². The molecule has 0 aliphatic carbocycles. The predicted molar refractivity (Wildman–Crippen MR) is 125 cm³/mol. The lowest BCUT2D eigenvalue weighted by Gasteiger charge is -2.37. The average molecular weight is 435 g/mol. The van der Waals surface area contributed by atoms with Crippen molar-refractivity contribution in [2.45, 2.75) is 27.2 Å². The van der Waals surface area contributed by atoms with Crippen LogP contribution in [-0.2, 0) is 9.59 Å². The van der Waals surface area contributed by atoms with Crippen LogP contribution >= 0.6 is 0 Å². The molecule has 168 valence electrons. The van der Waals surface area contributed by atoms with Crippen molar-refractivity contribution in [2.24, 2.45) is 11.8 Å². The van der Waals surface area contributed by atoms with E-state index in [1.165, 1.54) is 4.90 Å². The van der Waals surface area contributed by atoms with Crippen LogP contribution in [0.3, 0.4) is 0 Å². The monoisotopic (exact) mass is 434 g/mol. The van der Waals surface area contributed by atoms with Crippen LogP contribution in [0.1, 0.15) is 32.8 Å². The molecule has 2 atom stereocenters. The third-order valence-corrected chi connectivity index (χ3v) is 6.01. The minimum Gasteiger partial charge on any atom is -0.497 e. The molecular weight excluding hydrogens is 404 g/mol. The molecule has 0 spiro atoms. The number of carbonyl (C=O) groups excluding carboxylic acids is 2. The Bertz CT molecular complexity index is 1030. The molecule has 2 aliphatic heterocycles. The molecule has 4 rings (SSSR count). The highest BCUT2D eigenvalue weighted by Gasteiger charge is 2.43. The Labute approximate surface area is 189 Å². The number of likely N-dealkylation sites (tertiary alicyclic amines) is 1. The fraction of sp³-hybridized carbons (Fsp3) is 0.385. The van der Waals surface area contributed by atoms with E-state index in [0.717, 1.165) is 30.8 Å². The summed E-state index contributed by atoms with van der Waals surface area (Å²) in [5.41, 5.74) is 2.16. The van der Waals surface area contributed by atoms with E-state index in [9.17, 15) is 9.59 Å². The SMILES string of the molecule is CCOc1ccc(C2=C(N3CC(C)CC(C)C3)C(=O)N(c3cccc(OC)c3)C2=O)cc1. The van der Waals surface area contributed by atoms with Gasteiger partial charge in [0.25, 0.3) is 11.8 Å². The summed E-state index contributed by atoms with van der Waals surface area (Å²) in [6.07, 6.45) is 1.11. The Kier molecular flexibility index (Phi) is 6.21. The molecule has 0 radical (unpaired) electrons. The van der Waals surface area contributed by atoms with E-state index in [1.54, 1.807) is 31.4 Å². The van der Waals surface area contributed by atoms with Crippen LogP contribution in [0.25, 0.3) is 5.57 Å². The van der Waals surface area contributed by atoms with E-state index in [1.807, 2.05) is 31.2 Å². The first-order valence-electron chi connectivity index (χ1n) is 11.2. The molecule has 2 amide bonds. The Morgan fingerprint density at radius 2 is 1.62 bits per heavy atom. The summed E-state index contributed by atoms with van der Waals surface area (Å²) in [7, 11) is 1.57. The lowest BCUT2D eigenvalue weighted by atomic mass is 9.91. The number of nitrogens with zero attached hydrogens (tertiary/aromatic N) is 2. The first-order valence-corrected chi connectivity index (χ1v) is 11.2. The van der Waals surface area contributed by atoms with Crippen molar-refractivity contribution < 1.29 is 19.1 Å². The van der Waals surface area contributed by atoms with Gasteiger partial charge in [-0.25, -0.2) is 4.90 Å². The molecule has 2 heterocycles. The molecule has 32 heavy (non-hydrogen) atoms. The number of piperidine rings is 1. The molecule has 6 heteroatoms. The number of carbonyl (C=O) groups is 2. The first kappa shape index (κ1) is 21.9. The number of anilines is 1. The van der Waals surface area contributed by atoms with Crippen LogP contribution in [0.15, 0.2) is 54.2 Å². The third-order valence-electron chi connectivity index (χ3n) is 6.01. The topological polar surface area (TPSA) is 59.1 Å². The standard InChI is InChI=1S/C26H30N2O4/c1-5-32-21-11-9-19(10-12-21)23-24(27-15-17(2)13-18(3)16-27)26(30)28(25(23)29)20-7-6-8-22(14-20)31-4/h6-12,14,17-18H,5,13,15-16H2,1-4H3. The largest absolute Gasteiger partial charge is 0.497 e. The van der Waals surface area contributed by atoms with Crippen molar-refractivity contribution in [3.05, 3.63) is 59.8 Å². The molecular formula is C26H30N2O4. The molecule has 2 aliphatic rings. The highest BCUT2D eigenvalue weighted by molar-refractivity contribution is 6.45. The Morgan fingerprint density at radius 3 is 2.25 bits per heavy atom. The van der Waals surface area contributed by atoms with Crippen LogP contribution < -0.4 is 14.4 Å². The maximum absolute atomic E-state index is 13.7.